The monoisotopic (exact) mass is 275 g/mol. The van der Waals surface area contributed by atoms with Gasteiger partial charge >= 0.3 is 6.09 Å². The molecular formula is C14H17N3O3. The highest BCUT2D eigenvalue weighted by atomic mass is 16.5. The molecule has 6 heteroatoms. The summed E-state index contributed by atoms with van der Waals surface area (Å²) in [5.41, 5.74) is 7.94. The number of nitrogens with one attached hydrogen (secondary N) is 3. The van der Waals surface area contributed by atoms with Gasteiger partial charge in [-0.1, -0.05) is 6.07 Å². The third kappa shape index (κ3) is 2.90. The number of carbonyl (C=O) groups is 2. The van der Waals surface area contributed by atoms with Crippen molar-refractivity contribution in [2.75, 3.05) is 6.61 Å². The van der Waals surface area contributed by atoms with Gasteiger partial charge in [0.2, 0.25) is 0 Å². The van der Waals surface area contributed by atoms with E-state index in [0.717, 1.165) is 22.0 Å². The van der Waals surface area contributed by atoms with E-state index in [-0.39, 0.29) is 6.61 Å². The molecule has 0 aliphatic carbocycles. The van der Waals surface area contributed by atoms with Crippen molar-refractivity contribution in [3.05, 3.63) is 35.0 Å². The molecule has 106 valence electrons. The molecule has 6 nitrogen and oxygen atoms in total. The molecule has 1 aromatic heterocycles. The van der Waals surface area contributed by atoms with Crippen LogP contribution in [-0.2, 0) is 4.74 Å². The van der Waals surface area contributed by atoms with Crippen LogP contribution in [0.2, 0.25) is 0 Å². The second-order valence-electron chi connectivity index (χ2n) is 4.53. The van der Waals surface area contributed by atoms with Crippen molar-refractivity contribution in [2.45, 2.75) is 20.8 Å². The Morgan fingerprint density at radius 1 is 1.20 bits per heavy atom. The highest BCUT2D eigenvalue weighted by Gasteiger charge is 2.12. The normalized spacial score (nSPS) is 10.3. The van der Waals surface area contributed by atoms with Crippen molar-refractivity contribution in [3.63, 3.8) is 0 Å². The van der Waals surface area contributed by atoms with E-state index in [2.05, 4.69) is 26.6 Å². The lowest BCUT2D eigenvalue weighted by atomic mass is 10.1. The third-order valence-electron chi connectivity index (χ3n) is 2.89. The predicted octanol–water partition coefficient (Wildman–Crippen LogP) is 2.18. The van der Waals surface area contributed by atoms with E-state index in [1.165, 1.54) is 0 Å². The van der Waals surface area contributed by atoms with Crippen LogP contribution in [0.4, 0.5) is 4.79 Å². The molecule has 0 atom stereocenters. The summed E-state index contributed by atoms with van der Waals surface area (Å²) in [6.07, 6.45) is -0.691. The molecule has 0 bridgehead atoms. The highest BCUT2D eigenvalue weighted by molar-refractivity contribution is 5.99. The lowest BCUT2D eigenvalue weighted by molar-refractivity contribution is 0.0908. The van der Waals surface area contributed by atoms with Gasteiger partial charge in [0.1, 0.15) is 5.69 Å². The Hall–Kier alpha value is -2.50. The van der Waals surface area contributed by atoms with Crippen LogP contribution in [0.15, 0.2) is 18.2 Å². The average molecular weight is 275 g/mol. The number of aromatic amines is 1. The van der Waals surface area contributed by atoms with E-state index in [4.69, 9.17) is 0 Å². The second kappa shape index (κ2) is 5.64. The van der Waals surface area contributed by atoms with Crippen LogP contribution in [0, 0.1) is 13.8 Å². The lowest BCUT2D eigenvalue weighted by Gasteiger charge is -2.05. The Labute approximate surface area is 116 Å². The van der Waals surface area contributed by atoms with E-state index in [9.17, 15) is 9.59 Å². The van der Waals surface area contributed by atoms with Gasteiger partial charge in [-0.2, -0.15) is 0 Å². The summed E-state index contributed by atoms with van der Waals surface area (Å²) >= 11 is 0. The zero-order valence-electron chi connectivity index (χ0n) is 11.7. The number of hydrazine groups is 1. The summed E-state index contributed by atoms with van der Waals surface area (Å²) in [7, 11) is 0. The number of hydrogen-bond donors (Lipinski definition) is 3. The molecule has 1 aromatic carbocycles. The number of hydrogen-bond acceptors (Lipinski definition) is 3. The van der Waals surface area contributed by atoms with E-state index in [0.29, 0.717) is 5.69 Å². The zero-order chi connectivity index (χ0) is 14.7. The van der Waals surface area contributed by atoms with Gasteiger partial charge in [0.05, 0.1) is 6.61 Å². The first-order valence-corrected chi connectivity index (χ1v) is 6.34. The Morgan fingerprint density at radius 3 is 2.65 bits per heavy atom. The summed E-state index contributed by atoms with van der Waals surface area (Å²) in [5.74, 6) is -0.425. The van der Waals surface area contributed by atoms with Crippen LogP contribution in [0.3, 0.4) is 0 Å². The largest absolute Gasteiger partial charge is 0.449 e. The number of aromatic nitrogens is 1. The van der Waals surface area contributed by atoms with Crippen molar-refractivity contribution in [3.8, 4) is 0 Å². The minimum atomic E-state index is -0.691. The maximum atomic E-state index is 11.9. The molecule has 0 saturated carbocycles. The summed E-state index contributed by atoms with van der Waals surface area (Å²) in [4.78, 5) is 26.0. The minimum Gasteiger partial charge on any atom is -0.449 e. The van der Waals surface area contributed by atoms with E-state index in [1.54, 1.807) is 13.0 Å². The number of fused-ring (bicyclic) bond motifs is 1. The summed E-state index contributed by atoms with van der Waals surface area (Å²) in [6, 6.07) is 5.78. The molecule has 0 aliphatic rings. The molecule has 0 radical (unpaired) electrons. The van der Waals surface area contributed by atoms with Gasteiger partial charge in [-0.05, 0) is 44.0 Å². The Kier molecular flexibility index (Phi) is 3.93. The van der Waals surface area contributed by atoms with E-state index in [1.807, 2.05) is 19.9 Å². The number of amides is 2. The fourth-order valence-electron chi connectivity index (χ4n) is 2.06. The molecule has 3 N–H and O–H groups in total. The molecular weight excluding hydrogens is 258 g/mol. The number of ether oxygens (including phenoxy) is 1. The quantitative estimate of drug-likeness (QED) is 0.734. The van der Waals surface area contributed by atoms with Gasteiger partial charge in [0.25, 0.3) is 5.91 Å². The van der Waals surface area contributed by atoms with Crippen molar-refractivity contribution in [1.82, 2.24) is 15.8 Å². The van der Waals surface area contributed by atoms with Crippen molar-refractivity contribution in [1.29, 1.82) is 0 Å². The summed E-state index contributed by atoms with van der Waals surface area (Å²) < 4.78 is 4.65. The lowest BCUT2D eigenvalue weighted by Crippen LogP contribution is -2.42. The molecule has 0 unspecified atom stereocenters. The first-order valence-electron chi connectivity index (χ1n) is 6.34. The number of aryl methyl sites for hydroxylation is 2. The molecule has 0 spiro atoms. The second-order valence-corrected chi connectivity index (χ2v) is 4.53. The number of rotatable bonds is 2. The average Bonchev–Trinajstić information content (AvgIpc) is 2.80. The first-order chi connectivity index (χ1) is 9.51. The Morgan fingerprint density at radius 2 is 1.95 bits per heavy atom. The summed E-state index contributed by atoms with van der Waals surface area (Å²) in [6.45, 7) is 5.91. The van der Waals surface area contributed by atoms with Crippen LogP contribution in [0.1, 0.15) is 28.5 Å². The number of H-pyrrole nitrogens is 1. The standard InChI is InChI=1S/C14H17N3O3/c1-4-20-14(19)17-16-13(18)12-7-10-9(3)5-8(2)6-11(10)15-12/h5-7,15H,4H2,1-3H3,(H,16,18)(H,17,19). The minimum absolute atomic E-state index is 0.243. The van der Waals surface area contributed by atoms with E-state index >= 15 is 0 Å². The van der Waals surface area contributed by atoms with Gasteiger partial charge in [0.15, 0.2) is 0 Å². The van der Waals surface area contributed by atoms with Gasteiger partial charge in [-0.15, -0.1) is 0 Å². The molecule has 0 saturated heterocycles. The fourth-order valence-corrected chi connectivity index (χ4v) is 2.06. The Balaban J connectivity index is 2.15. The molecule has 2 amide bonds. The first kappa shape index (κ1) is 13.9. The molecule has 2 rings (SSSR count). The van der Waals surface area contributed by atoms with Crippen LogP contribution in [-0.4, -0.2) is 23.6 Å². The topological polar surface area (TPSA) is 83.2 Å². The third-order valence-corrected chi connectivity index (χ3v) is 2.89. The number of carbonyl (C=O) groups excluding carboxylic acids is 2. The SMILES string of the molecule is CCOC(=O)NNC(=O)c1cc2c(C)cc(C)cc2[nH]1. The molecule has 0 fully saturated rings. The van der Waals surface area contributed by atoms with Crippen LogP contribution >= 0.6 is 0 Å². The molecule has 2 aromatic rings. The van der Waals surface area contributed by atoms with Crippen LogP contribution in [0.25, 0.3) is 10.9 Å². The van der Waals surface area contributed by atoms with Crippen molar-refractivity contribution < 1.29 is 14.3 Å². The maximum Gasteiger partial charge on any atom is 0.426 e. The van der Waals surface area contributed by atoms with Crippen molar-refractivity contribution >= 4 is 22.9 Å². The Bertz CT molecular complexity index is 661. The predicted molar refractivity (Wildman–Crippen MR) is 75.4 cm³/mol. The fraction of sp³-hybridized carbons (Fsp3) is 0.286. The maximum absolute atomic E-state index is 11.9. The van der Waals surface area contributed by atoms with Crippen molar-refractivity contribution in [2.24, 2.45) is 0 Å². The molecule has 1 heterocycles. The molecule has 0 aliphatic heterocycles. The van der Waals surface area contributed by atoms with Crippen LogP contribution < -0.4 is 10.9 Å². The molecule has 20 heavy (non-hydrogen) atoms. The summed E-state index contributed by atoms with van der Waals surface area (Å²) in [5, 5.41) is 0.983. The zero-order valence-corrected chi connectivity index (χ0v) is 11.7. The van der Waals surface area contributed by atoms with Gasteiger partial charge in [-0.3, -0.25) is 10.2 Å². The number of benzene rings is 1. The van der Waals surface area contributed by atoms with Gasteiger partial charge < -0.3 is 9.72 Å². The van der Waals surface area contributed by atoms with Gasteiger partial charge in [0, 0.05) is 10.9 Å². The smallest absolute Gasteiger partial charge is 0.426 e. The van der Waals surface area contributed by atoms with Crippen LogP contribution in [0.5, 0.6) is 0 Å². The van der Waals surface area contributed by atoms with Gasteiger partial charge in [-0.25, -0.2) is 10.2 Å². The highest BCUT2D eigenvalue weighted by Crippen LogP contribution is 2.21. The van der Waals surface area contributed by atoms with E-state index < -0.39 is 12.0 Å².